The maximum Gasteiger partial charge on any atom is 0.260 e. The van der Waals surface area contributed by atoms with Crippen LogP contribution in [0.1, 0.15) is 37.7 Å². The molecule has 2 fully saturated rings. The molecule has 1 aliphatic carbocycles. The molecular weight excluding hydrogens is 416 g/mol. The molecule has 2 amide bonds. The topological polar surface area (TPSA) is 59.1 Å². The number of likely N-dealkylation sites (tertiary alicyclic amines) is 1. The molecule has 0 spiro atoms. The van der Waals surface area contributed by atoms with Gasteiger partial charge in [-0.25, -0.2) is 0 Å². The second-order valence-corrected chi connectivity index (χ2v) is 9.02. The molecule has 1 aliphatic heterocycles. The van der Waals surface area contributed by atoms with Crippen molar-refractivity contribution in [2.24, 2.45) is 5.92 Å². The summed E-state index contributed by atoms with van der Waals surface area (Å²) in [6.07, 6.45) is 5.54. The van der Waals surface area contributed by atoms with Crippen molar-refractivity contribution in [1.82, 2.24) is 9.80 Å². The first-order valence-corrected chi connectivity index (χ1v) is 12.0. The maximum absolute atomic E-state index is 12.8. The van der Waals surface area contributed by atoms with E-state index in [4.69, 9.17) is 9.47 Å². The van der Waals surface area contributed by atoms with Gasteiger partial charge in [-0.3, -0.25) is 9.59 Å². The lowest BCUT2D eigenvalue weighted by molar-refractivity contribution is -0.136. The molecular formula is C27H34N2O4. The third kappa shape index (κ3) is 6.50. The predicted octanol–water partition coefficient (Wildman–Crippen LogP) is 3.94. The Morgan fingerprint density at radius 3 is 2.27 bits per heavy atom. The van der Waals surface area contributed by atoms with E-state index in [1.165, 1.54) is 5.56 Å². The van der Waals surface area contributed by atoms with Crippen molar-refractivity contribution in [3.8, 4) is 11.5 Å². The molecule has 0 radical (unpaired) electrons. The highest BCUT2D eigenvalue weighted by atomic mass is 16.5. The molecule has 0 aromatic heterocycles. The molecule has 6 heteroatoms. The highest BCUT2D eigenvalue weighted by Crippen LogP contribution is 2.29. The number of nitrogens with zero attached hydrogens (tertiary/aromatic N) is 2. The highest BCUT2D eigenvalue weighted by Gasteiger charge is 2.33. The van der Waals surface area contributed by atoms with Gasteiger partial charge in [-0.05, 0) is 55.7 Å². The summed E-state index contributed by atoms with van der Waals surface area (Å²) in [6, 6.07) is 18.1. The van der Waals surface area contributed by atoms with Gasteiger partial charge in [0.25, 0.3) is 5.91 Å². The summed E-state index contributed by atoms with van der Waals surface area (Å²) in [5.74, 6) is 1.87. The van der Waals surface area contributed by atoms with Crippen molar-refractivity contribution < 1.29 is 19.1 Å². The monoisotopic (exact) mass is 450 g/mol. The Morgan fingerprint density at radius 1 is 0.939 bits per heavy atom. The number of benzene rings is 2. The van der Waals surface area contributed by atoms with Gasteiger partial charge in [0.15, 0.2) is 18.1 Å². The van der Waals surface area contributed by atoms with Crippen LogP contribution in [0.2, 0.25) is 0 Å². The average Bonchev–Trinajstić information content (AvgIpc) is 3.69. The van der Waals surface area contributed by atoms with Gasteiger partial charge in [-0.2, -0.15) is 0 Å². The number of carbonyl (C=O) groups excluding carboxylic acids is 2. The third-order valence-corrected chi connectivity index (χ3v) is 6.63. The highest BCUT2D eigenvalue weighted by molar-refractivity contribution is 5.80. The summed E-state index contributed by atoms with van der Waals surface area (Å²) in [5.41, 5.74) is 1.37. The molecule has 1 saturated heterocycles. The van der Waals surface area contributed by atoms with Gasteiger partial charge < -0.3 is 19.3 Å². The first-order valence-electron chi connectivity index (χ1n) is 12.0. The van der Waals surface area contributed by atoms with Gasteiger partial charge >= 0.3 is 0 Å². The zero-order valence-electron chi connectivity index (χ0n) is 19.4. The SMILES string of the molecule is COc1ccccc1OCC(=O)N(CCC(=O)N1CCC(Cc2ccccc2)CC1)C1CC1. The Bertz CT molecular complexity index is 921. The van der Waals surface area contributed by atoms with E-state index < -0.39 is 0 Å². The van der Waals surface area contributed by atoms with Crippen LogP contribution in [-0.2, 0) is 16.0 Å². The minimum atomic E-state index is -0.0715. The van der Waals surface area contributed by atoms with Gasteiger partial charge in [0.2, 0.25) is 5.91 Å². The number of hydrogen-bond acceptors (Lipinski definition) is 4. The fourth-order valence-electron chi connectivity index (χ4n) is 4.57. The molecule has 176 valence electrons. The second-order valence-electron chi connectivity index (χ2n) is 9.02. The van der Waals surface area contributed by atoms with Crippen LogP contribution in [0.15, 0.2) is 54.6 Å². The Kier molecular flexibility index (Phi) is 7.87. The van der Waals surface area contributed by atoms with Crippen LogP contribution in [0.4, 0.5) is 0 Å². The molecule has 0 bridgehead atoms. The van der Waals surface area contributed by atoms with Crippen molar-refractivity contribution in [2.45, 2.75) is 44.6 Å². The Labute approximate surface area is 196 Å². The summed E-state index contributed by atoms with van der Waals surface area (Å²) in [6.45, 7) is 2.03. The number of amides is 2. The zero-order valence-corrected chi connectivity index (χ0v) is 19.4. The standard InChI is InChI=1S/C27H34N2O4/c1-32-24-9-5-6-10-25(24)33-20-27(31)29(23-11-12-23)18-15-26(30)28-16-13-22(14-17-28)19-21-7-3-2-4-8-21/h2-10,22-23H,11-20H2,1H3. The van der Waals surface area contributed by atoms with Crippen LogP contribution in [0, 0.1) is 5.92 Å². The van der Waals surface area contributed by atoms with Crippen LogP contribution in [-0.4, -0.2) is 61.0 Å². The molecule has 0 unspecified atom stereocenters. The Balaban J connectivity index is 1.22. The van der Waals surface area contributed by atoms with Crippen molar-refractivity contribution in [2.75, 3.05) is 33.4 Å². The lowest BCUT2D eigenvalue weighted by atomic mass is 9.90. The molecule has 1 saturated carbocycles. The third-order valence-electron chi connectivity index (χ3n) is 6.63. The number of para-hydroxylation sites is 2. The first kappa shape index (κ1) is 23.1. The quantitative estimate of drug-likeness (QED) is 0.550. The van der Waals surface area contributed by atoms with E-state index in [1.54, 1.807) is 19.2 Å². The van der Waals surface area contributed by atoms with Crippen LogP contribution in [0.25, 0.3) is 0 Å². The van der Waals surface area contributed by atoms with E-state index in [1.807, 2.05) is 28.0 Å². The number of carbonyl (C=O) groups is 2. The van der Waals surface area contributed by atoms with Crippen LogP contribution >= 0.6 is 0 Å². The van der Waals surface area contributed by atoms with Crippen LogP contribution < -0.4 is 9.47 Å². The molecule has 0 atom stereocenters. The fraction of sp³-hybridized carbons (Fsp3) is 0.481. The minimum absolute atomic E-state index is 0.0457. The summed E-state index contributed by atoms with van der Waals surface area (Å²) in [4.78, 5) is 29.5. The molecule has 2 aliphatic rings. The van der Waals surface area contributed by atoms with E-state index in [0.29, 0.717) is 30.4 Å². The van der Waals surface area contributed by atoms with E-state index in [2.05, 4.69) is 24.3 Å². The summed E-state index contributed by atoms with van der Waals surface area (Å²) < 4.78 is 11.0. The van der Waals surface area contributed by atoms with E-state index in [9.17, 15) is 9.59 Å². The maximum atomic E-state index is 12.8. The van der Waals surface area contributed by atoms with Gasteiger partial charge in [-0.15, -0.1) is 0 Å². The van der Waals surface area contributed by atoms with Gasteiger partial charge in [0.1, 0.15) is 0 Å². The summed E-state index contributed by atoms with van der Waals surface area (Å²) in [7, 11) is 1.58. The number of hydrogen-bond donors (Lipinski definition) is 0. The van der Waals surface area contributed by atoms with E-state index in [0.717, 1.165) is 45.2 Å². The summed E-state index contributed by atoms with van der Waals surface area (Å²) >= 11 is 0. The lowest BCUT2D eigenvalue weighted by Crippen LogP contribution is -2.42. The van der Waals surface area contributed by atoms with Crippen LogP contribution in [0.5, 0.6) is 11.5 Å². The molecule has 4 rings (SSSR count). The van der Waals surface area contributed by atoms with Crippen LogP contribution in [0.3, 0.4) is 0 Å². The van der Waals surface area contributed by atoms with E-state index >= 15 is 0 Å². The van der Waals surface area contributed by atoms with Gasteiger partial charge in [0.05, 0.1) is 7.11 Å². The van der Waals surface area contributed by atoms with Crippen molar-refractivity contribution >= 4 is 11.8 Å². The number of ether oxygens (including phenoxy) is 2. The molecule has 2 aromatic rings. The number of methoxy groups -OCH3 is 1. The lowest BCUT2D eigenvalue weighted by Gasteiger charge is -2.33. The predicted molar refractivity (Wildman–Crippen MR) is 127 cm³/mol. The Morgan fingerprint density at radius 2 is 1.61 bits per heavy atom. The van der Waals surface area contributed by atoms with Gasteiger partial charge in [-0.1, -0.05) is 42.5 Å². The van der Waals surface area contributed by atoms with E-state index in [-0.39, 0.29) is 24.5 Å². The van der Waals surface area contributed by atoms with Gasteiger partial charge in [0, 0.05) is 32.1 Å². The summed E-state index contributed by atoms with van der Waals surface area (Å²) in [5, 5.41) is 0. The number of rotatable bonds is 10. The largest absolute Gasteiger partial charge is 0.493 e. The number of piperidine rings is 1. The van der Waals surface area contributed by atoms with Crippen molar-refractivity contribution in [1.29, 1.82) is 0 Å². The minimum Gasteiger partial charge on any atom is -0.493 e. The van der Waals surface area contributed by atoms with Crippen molar-refractivity contribution in [3.05, 3.63) is 60.2 Å². The smallest absolute Gasteiger partial charge is 0.260 e. The molecule has 2 aromatic carbocycles. The average molecular weight is 451 g/mol. The van der Waals surface area contributed by atoms with Crippen molar-refractivity contribution in [3.63, 3.8) is 0 Å². The normalized spacial score (nSPS) is 16.3. The Hall–Kier alpha value is -3.02. The second kappa shape index (κ2) is 11.2. The zero-order chi connectivity index (χ0) is 23.0. The molecule has 33 heavy (non-hydrogen) atoms. The first-order chi connectivity index (χ1) is 16.1. The molecule has 1 heterocycles. The fourth-order valence-corrected chi connectivity index (χ4v) is 4.57. The molecule has 6 nitrogen and oxygen atoms in total. The molecule has 0 N–H and O–H groups in total.